The molecule has 0 unspecified atom stereocenters. The van der Waals surface area contributed by atoms with Crippen LogP contribution in [0.3, 0.4) is 0 Å². The Hall–Kier alpha value is -6.19. The number of aliphatic imine (C=N–C) groups is 1. The lowest BCUT2D eigenvalue weighted by molar-refractivity contribution is -0.142. The van der Waals surface area contributed by atoms with E-state index >= 15 is 0 Å². The van der Waals surface area contributed by atoms with E-state index in [9.17, 15) is 53.1 Å². The summed E-state index contributed by atoms with van der Waals surface area (Å²) in [6.07, 6.45) is 1.49. The first kappa shape index (κ1) is 75.8. The quantitative estimate of drug-likeness (QED) is 0.0180. The second kappa shape index (κ2) is 40.1. The van der Waals surface area contributed by atoms with Crippen LogP contribution in [-0.2, 0) is 47.9 Å². The molecule has 0 aromatic carbocycles. The molecule has 27 heteroatoms. The fraction of sp³-hybridized carbons (Fsp3) is 0.800. The summed E-state index contributed by atoms with van der Waals surface area (Å²) in [5.41, 5.74) is 33.9. The van der Waals surface area contributed by atoms with E-state index in [4.69, 9.17) is 34.4 Å². The van der Waals surface area contributed by atoms with Gasteiger partial charge < -0.3 is 86.9 Å². The Balaban J connectivity index is 7.08. The van der Waals surface area contributed by atoms with E-state index in [1.165, 1.54) is 18.9 Å². The van der Waals surface area contributed by atoms with Crippen LogP contribution in [0.1, 0.15) is 160 Å². The van der Waals surface area contributed by atoms with Gasteiger partial charge >= 0.3 is 0 Å². The number of rotatable bonds is 42. The van der Waals surface area contributed by atoms with Crippen LogP contribution in [0.25, 0.3) is 0 Å². The van der Waals surface area contributed by atoms with E-state index in [0.29, 0.717) is 32.1 Å². The summed E-state index contributed by atoms with van der Waals surface area (Å²) < 4.78 is 0. The molecule has 0 saturated heterocycles. The van der Waals surface area contributed by atoms with Crippen LogP contribution in [0.15, 0.2) is 4.99 Å². The molecule has 0 rings (SSSR count). The molecule has 0 aliphatic rings. The van der Waals surface area contributed by atoms with E-state index in [2.05, 4.69) is 47.5 Å². The molecular formula is C55H106N16O11. The third-order valence-corrected chi connectivity index (χ3v) is 13.6. The van der Waals surface area contributed by atoms with Crippen molar-refractivity contribution in [2.75, 3.05) is 33.2 Å². The number of nitrogens with two attached hydrogens (primary N) is 6. The largest absolute Gasteiger partial charge is 0.391 e. The summed E-state index contributed by atoms with van der Waals surface area (Å²) in [6, 6.07) is -11.2. The second-order valence-corrected chi connectivity index (χ2v) is 23.1. The Morgan fingerprint density at radius 3 is 1.23 bits per heavy atom. The zero-order valence-corrected chi connectivity index (χ0v) is 51.1. The van der Waals surface area contributed by atoms with Gasteiger partial charge in [-0.05, 0) is 127 Å². The van der Waals surface area contributed by atoms with Crippen molar-refractivity contribution < 1.29 is 53.1 Å². The molecule has 0 radical (unpaired) electrons. The monoisotopic (exact) mass is 1170 g/mol. The minimum absolute atomic E-state index is 0.000589. The molecule has 472 valence electrons. The molecule has 0 bridgehead atoms. The van der Waals surface area contributed by atoms with Gasteiger partial charge in [-0.3, -0.25) is 52.9 Å². The molecule has 11 atom stereocenters. The van der Waals surface area contributed by atoms with Crippen LogP contribution < -0.4 is 76.9 Å². The van der Waals surface area contributed by atoms with E-state index in [-0.39, 0.29) is 107 Å². The smallest absolute Gasteiger partial charge is 0.245 e. The molecule has 0 heterocycles. The van der Waals surface area contributed by atoms with Crippen LogP contribution in [0, 0.1) is 29.6 Å². The van der Waals surface area contributed by atoms with E-state index in [1.807, 2.05) is 55.4 Å². The average molecular weight is 1170 g/mol. The number of amides is 10. The van der Waals surface area contributed by atoms with Crippen molar-refractivity contribution in [2.24, 2.45) is 69.0 Å². The van der Waals surface area contributed by atoms with Crippen molar-refractivity contribution in [3.63, 3.8) is 0 Å². The van der Waals surface area contributed by atoms with Gasteiger partial charge in [0.1, 0.15) is 54.4 Å². The lowest BCUT2D eigenvalue weighted by Crippen LogP contribution is -2.62. The number of nitrogens with one attached hydrogen (secondary N) is 8. The Morgan fingerprint density at radius 2 is 0.829 bits per heavy atom. The van der Waals surface area contributed by atoms with E-state index < -0.39 is 125 Å². The maximum Gasteiger partial charge on any atom is 0.245 e. The molecule has 0 fully saturated rings. The van der Waals surface area contributed by atoms with Crippen molar-refractivity contribution in [1.29, 1.82) is 0 Å². The Labute approximate surface area is 486 Å². The number of primary amides is 1. The first-order chi connectivity index (χ1) is 38.3. The number of hydrogen-bond acceptors (Lipinski definition) is 15. The van der Waals surface area contributed by atoms with Gasteiger partial charge in [-0.25, -0.2) is 0 Å². The fourth-order valence-corrected chi connectivity index (χ4v) is 8.91. The van der Waals surface area contributed by atoms with Gasteiger partial charge in [0.15, 0.2) is 5.96 Å². The number of aliphatic hydroxyl groups excluding tert-OH is 1. The van der Waals surface area contributed by atoms with Gasteiger partial charge in [0, 0.05) is 13.6 Å². The van der Waals surface area contributed by atoms with Crippen LogP contribution in [0.2, 0.25) is 0 Å². The summed E-state index contributed by atoms with van der Waals surface area (Å²) in [4.78, 5) is 143. The van der Waals surface area contributed by atoms with Crippen molar-refractivity contribution in [3.8, 4) is 0 Å². The van der Waals surface area contributed by atoms with Crippen molar-refractivity contribution in [3.05, 3.63) is 0 Å². The summed E-state index contributed by atoms with van der Waals surface area (Å²) >= 11 is 0. The Morgan fingerprint density at radius 1 is 0.463 bits per heavy atom. The van der Waals surface area contributed by atoms with Crippen LogP contribution in [0.4, 0.5) is 0 Å². The molecule has 27 nitrogen and oxygen atoms in total. The normalized spacial score (nSPS) is 15.5. The van der Waals surface area contributed by atoms with E-state index in [0.717, 1.165) is 0 Å². The maximum absolute atomic E-state index is 14.5. The Bertz CT molecular complexity index is 2050. The SMILES string of the molecule is CC[C@H](C)[C@H](NC(=O)[C@H](CCCN=C(N)N)NC(=O)[C@H](CCCCN)NC(=O)[C@H](CC(C)C)NC(=O)[C@H](CC(C)C)NC(=O)CN)C(=O)N[C@@H](CCCCN)C(=O)N[C@H](C(=O)N[C@@H](CC(C)C)C(=O)N(C)[C@@H](CC(C)C)C(N)=O)[C@@H](C)O. The summed E-state index contributed by atoms with van der Waals surface area (Å²) in [5, 5.41) is 32.5. The molecule has 0 aliphatic carbocycles. The molecule has 0 aromatic rings. The van der Waals surface area contributed by atoms with Gasteiger partial charge in [0.05, 0.1) is 12.6 Å². The van der Waals surface area contributed by atoms with Crippen molar-refractivity contribution >= 4 is 65.0 Å². The van der Waals surface area contributed by atoms with Gasteiger partial charge in [-0.1, -0.05) is 75.7 Å². The number of carbonyl (C=O) groups is 10. The predicted octanol–water partition coefficient (Wildman–Crippen LogP) is -1.94. The number of likely N-dealkylation sites (N-methyl/N-ethyl adjacent to an activating group) is 1. The van der Waals surface area contributed by atoms with Gasteiger partial charge in [0.25, 0.3) is 0 Å². The number of carbonyl (C=O) groups excluding carboxylic acids is 10. The predicted molar refractivity (Wildman–Crippen MR) is 315 cm³/mol. The van der Waals surface area contributed by atoms with Crippen molar-refractivity contribution in [1.82, 2.24) is 47.4 Å². The molecule has 0 aromatic heterocycles. The fourth-order valence-electron chi connectivity index (χ4n) is 8.91. The maximum atomic E-state index is 14.5. The molecule has 0 aliphatic heterocycles. The van der Waals surface area contributed by atoms with Crippen molar-refractivity contribution in [2.45, 2.75) is 220 Å². The van der Waals surface area contributed by atoms with Crippen LogP contribution >= 0.6 is 0 Å². The minimum Gasteiger partial charge on any atom is -0.391 e. The first-order valence-corrected chi connectivity index (χ1v) is 29.2. The highest BCUT2D eigenvalue weighted by Crippen LogP contribution is 2.17. The third kappa shape index (κ3) is 29.7. The molecular weight excluding hydrogens is 1060 g/mol. The molecule has 0 saturated carbocycles. The topological polar surface area (TPSA) is 459 Å². The number of aliphatic hydroxyl groups is 1. The van der Waals surface area contributed by atoms with Gasteiger partial charge in [0.2, 0.25) is 59.1 Å². The Kier molecular flexibility index (Phi) is 37.1. The molecule has 0 spiro atoms. The molecule has 21 N–H and O–H groups in total. The highest BCUT2D eigenvalue weighted by Gasteiger charge is 2.38. The van der Waals surface area contributed by atoms with Gasteiger partial charge in [-0.15, -0.1) is 0 Å². The minimum atomic E-state index is -1.63. The second-order valence-electron chi connectivity index (χ2n) is 23.1. The highest BCUT2D eigenvalue weighted by atomic mass is 16.3. The standard InChI is InChI=1S/C55H106N16O11/c1-13-34(10)44(52(80)66-37(20-15-17-23-57)49(77)70-45(35(11)72)53(81)68-41(27-32(6)7)54(82)71(12)42(46(59)74)28-33(8)9)69-48(76)38(21-18-24-62-55(60)61)64-47(75)36(19-14-16-22-56)65-51(79)40(26-31(4)5)67-50(78)39(25-30(2)3)63-43(73)29-58/h30-42,44-45,72H,13-29,56-58H2,1-12H3,(H2,59,74)(H,63,73)(H,64,75)(H,65,79)(H,66,80)(H,67,78)(H,68,81)(H,69,76)(H,70,77)(H4,60,61,62)/t34-,35+,36-,37-,38-,39-,40-,41-,42-,44-,45-/m0/s1. The first-order valence-electron chi connectivity index (χ1n) is 29.2. The number of nitrogens with zero attached hydrogens (tertiary/aromatic N) is 2. The van der Waals surface area contributed by atoms with Gasteiger partial charge in [-0.2, -0.15) is 0 Å². The summed E-state index contributed by atoms with van der Waals surface area (Å²) in [7, 11) is 1.42. The van der Waals surface area contributed by atoms with Crippen LogP contribution in [0.5, 0.6) is 0 Å². The zero-order valence-electron chi connectivity index (χ0n) is 51.1. The molecule has 82 heavy (non-hydrogen) atoms. The zero-order chi connectivity index (χ0) is 63.0. The number of unbranched alkanes of at least 4 members (excludes halogenated alkanes) is 2. The third-order valence-electron chi connectivity index (χ3n) is 13.6. The lowest BCUT2D eigenvalue weighted by Gasteiger charge is -2.32. The summed E-state index contributed by atoms with van der Waals surface area (Å²) in [6.45, 7) is 19.8. The molecule has 10 amide bonds. The van der Waals surface area contributed by atoms with E-state index in [1.54, 1.807) is 13.8 Å². The highest BCUT2D eigenvalue weighted by molar-refractivity contribution is 5.98. The number of hydrogen-bond donors (Lipinski definition) is 15. The summed E-state index contributed by atoms with van der Waals surface area (Å²) in [5.74, 6) is -8.37. The average Bonchev–Trinajstić information content (AvgIpc) is 3.44. The lowest BCUT2D eigenvalue weighted by atomic mass is 9.96. The number of guanidine groups is 1. The van der Waals surface area contributed by atoms with Crippen LogP contribution in [-0.4, -0.2) is 169 Å².